The van der Waals surface area contributed by atoms with E-state index in [1.807, 2.05) is 38.1 Å². The van der Waals surface area contributed by atoms with Crippen LogP contribution in [0.2, 0.25) is 0 Å². The van der Waals surface area contributed by atoms with Crippen molar-refractivity contribution in [3.8, 4) is 0 Å². The molecule has 1 aliphatic rings. The highest BCUT2D eigenvalue weighted by atomic mass is 16.2. The fourth-order valence-electron chi connectivity index (χ4n) is 2.41. The maximum atomic E-state index is 12.0. The number of hydrogen-bond acceptors (Lipinski definition) is 2. The number of hydrogen-bond donors (Lipinski definition) is 1. The van der Waals surface area contributed by atoms with E-state index in [2.05, 4.69) is 5.32 Å². The van der Waals surface area contributed by atoms with Crippen LogP contribution in [-0.4, -0.2) is 29.8 Å². The Labute approximate surface area is 120 Å². The van der Waals surface area contributed by atoms with Gasteiger partial charge < -0.3 is 10.2 Å². The van der Waals surface area contributed by atoms with Gasteiger partial charge in [-0.2, -0.15) is 0 Å². The van der Waals surface area contributed by atoms with Crippen LogP contribution >= 0.6 is 0 Å². The van der Waals surface area contributed by atoms with E-state index in [0.29, 0.717) is 26.1 Å². The van der Waals surface area contributed by atoms with E-state index in [1.165, 1.54) is 5.56 Å². The molecule has 2 rings (SSSR count). The van der Waals surface area contributed by atoms with Crippen molar-refractivity contribution in [3.05, 3.63) is 35.4 Å². The van der Waals surface area contributed by atoms with Gasteiger partial charge in [0.1, 0.15) is 0 Å². The fraction of sp³-hybridized carbons (Fsp3) is 0.500. The van der Waals surface area contributed by atoms with Crippen LogP contribution in [0.4, 0.5) is 0 Å². The summed E-state index contributed by atoms with van der Waals surface area (Å²) < 4.78 is 0. The zero-order valence-corrected chi connectivity index (χ0v) is 12.2. The van der Waals surface area contributed by atoms with Gasteiger partial charge in [-0.15, -0.1) is 0 Å². The molecule has 4 nitrogen and oxygen atoms in total. The van der Waals surface area contributed by atoms with Gasteiger partial charge in [-0.3, -0.25) is 9.59 Å². The predicted octanol–water partition coefficient (Wildman–Crippen LogP) is 1.87. The van der Waals surface area contributed by atoms with E-state index in [1.54, 1.807) is 4.90 Å². The topological polar surface area (TPSA) is 49.4 Å². The van der Waals surface area contributed by atoms with Gasteiger partial charge in [0, 0.05) is 26.1 Å². The van der Waals surface area contributed by atoms with Crippen LogP contribution in [-0.2, 0) is 16.1 Å². The van der Waals surface area contributed by atoms with Crippen LogP contribution in [0.1, 0.15) is 30.9 Å². The van der Waals surface area contributed by atoms with Crippen molar-refractivity contribution in [2.24, 2.45) is 5.92 Å². The first-order valence-electron chi connectivity index (χ1n) is 7.21. The summed E-state index contributed by atoms with van der Waals surface area (Å²) >= 11 is 0. The van der Waals surface area contributed by atoms with Crippen molar-refractivity contribution < 1.29 is 9.59 Å². The Morgan fingerprint density at radius 3 is 2.70 bits per heavy atom. The highest BCUT2D eigenvalue weighted by molar-refractivity contribution is 5.89. The van der Waals surface area contributed by atoms with Gasteiger partial charge in [0.05, 0.1) is 5.92 Å². The van der Waals surface area contributed by atoms with Gasteiger partial charge in [-0.1, -0.05) is 36.8 Å². The number of rotatable bonds is 5. The van der Waals surface area contributed by atoms with E-state index in [4.69, 9.17) is 0 Å². The molecular formula is C16H22N2O2. The molecule has 2 amide bonds. The highest BCUT2D eigenvalue weighted by Gasteiger charge is 2.33. The molecule has 0 spiro atoms. The van der Waals surface area contributed by atoms with Crippen LogP contribution < -0.4 is 5.32 Å². The Morgan fingerprint density at radius 1 is 1.35 bits per heavy atom. The summed E-state index contributed by atoms with van der Waals surface area (Å²) in [5, 5.41) is 2.87. The average Bonchev–Trinajstić information content (AvgIpc) is 2.80. The van der Waals surface area contributed by atoms with Gasteiger partial charge in [0.2, 0.25) is 11.8 Å². The molecule has 4 heteroatoms. The normalized spacial score (nSPS) is 18.4. The summed E-state index contributed by atoms with van der Waals surface area (Å²) in [4.78, 5) is 25.7. The van der Waals surface area contributed by atoms with Crippen LogP contribution in [0, 0.1) is 12.8 Å². The van der Waals surface area contributed by atoms with Gasteiger partial charge in [0.15, 0.2) is 0 Å². The molecule has 1 fully saturated rings. The zero-order chi connectivity index (χ0) is 14.5. The molecule has 1 atom stereocenters. The Morgan fingerprint density at radius 2 is 2.05 bits per heavy atom. The lowest BCUT2D eigenvalue weighted by molar-refractivity contribution is -0.129. The molecule has 0 bridgehead atoms. The Kier molecular flexibility index (Phi) is 4.77. The SMILES string of the molecule is CCCNC(=O)C1CC(=O)N(Cc2ccc(C)cc2)C1. The minimum Gasteiger partial charge on any atom is -0.356 e. The van der Waals surface area contributed by atoms with Crippen LogP contribution in [0.15, 0.2) is 24.3 Å². The first-order valence-corrected chi connectivity index (χ1v) is 7.21. The number of likely N-dealkylation sites (tertiary alicyclic amines) is 1. The minimum atomic E-state index is -0.195. The summed E-state index contributed by atoms with van der Waals surface area (Å²) in [7, 11) is 0. The van der Waals surface area contributed by atoms with Crippen LogP contribution in [0.5, 0.6) is 0 Å². The average molecular weight is 274 g/mol. The highest BCUT2D eigenvalue weighted by Crippen LogP contribution is 2.20. The molecule has 0 saturated carbocycles. The first kappa shape index (κ1) is 14.6. The summed E-state index contributed by atoms with van der Waals surface area (Å²) in [5.41, 5.74) is 2.32. The van der Waals surface area contributed by atoms with Gasteiger partial charge in [-0.05, 0) is 18.9 Å². The molecule has 1 saturated heterocycles. The molecule has 1 N–H and O–H groups in total. The summed E-state index contributed by atoms with van der Waals surface area (Å²) in [6.45, 7) is 5.86. The minimum absolute atomic E-state index is 0.00612. The molecule has 1 aromatic carbocycles. The number of amides is 2. The molecular weight excluding hydrogens is 252 g/mol. The summed E-state index contributed by atoms with van der Waals surface area (Å²) in [6, 6.07) is 8.16. The van der Waals surface area contributed by atoms with Gasteiger partial charge in [0.25, 0.3) is 0 Å². The monoisotopic (exact) mass is 274 g/mol. The number of carbonyl (C=O) groups is 2. The van der Waals surface area contributed by atoms with E-state index >= 15 is 0 Å². The maximum absolute atomic E-state index is 12.0. The number of nitrogens with one attached hydrogen (secondary N) is 1. The molecule has 20 heavy (non-hydrogen) atoms. The standard InChI is InChI=1S/C16H22N2O2/c1-3-8-17-16(20)14-9-15(19)18(11-14)10-13-6-4-12(2)5-7-13/h4-7,14H,3,8-11H2,1-2H3,(H,17,20). The van der Waals surface area contributed by atoms with Crippen molar-refractivity contribution >= 4 is 11.8 Å². The Bertz CT molecular complexity index is 482. The van der Waals surface area contributed by atoms with Crippen LogP contribution in [0.3, 0.4) is 0 Å². The third-order valence-corrected chi connectivity index (χ3v) is 3.63. The lowest BCUT2D eigenvalue weighted by atomic mass is 10.1. The van der Waals surface area contributed by atoms with E-state index in [-0.39, 0.29) is 17.7 Å². The molecule has 1 unspecified atom stereocenters. The lowest BCUT2D eigenvalue weighted by Crippen LogP contribution is -2.33. The lowest BCUT2D eigenvalue weighted by Gasteiger charge is -2.16. The number of aryl methyl sites for hydroxylation is 1. The smallest absolute Gasteiger partial charge is 0.225 e. The number of carbonyl (C=O) groups excluding carboxylic acids is 2. The quantitative estimate of drug-likeness (QED) is 0.891. The van der Waals surface area contributed by atoms with Crippen molar-refractivity contribution in [2.45, 2.75) is 33.2 Å². The maximum Gasteiger partial charge on any atom is 0.225 e. The van der Waals surface area contributed by atoms with Crippen molar-refractivity contribution in [1.29, 1.82) is 0 Å². The third-order valence-electron chi connectivity index (χ3n) is 3.63. The molecule has 108 valence electrons. The molecule has 1 aromatic rings. The third kappa shape index (κ3) is 3.59. The first-order chi connectivity index (χ1) is 9.60. The molecule has 1 aliphatic heterocycles. The van der Waals surface area contributed by atoms with Gasteiger partial charge in [-0.25, -0.2) is 0 Å². The Balaban J connectivity index is 1.92. The van der Waals surface area contributed by atoms with Crippen molar-refractivity contribution in [2.75, 3.05) is 13.1 Å². The molecule has 0 radical (unpaired) electrons. The van der Waals surface area contributed by atoms with E-state index in [0.717, 1.165) is 12.0 Å². The van der Waals surface area contributed by atoms with E-state index in [9.17, 15) is 9.59 Å². The van der Waals surface area contributed by atoms with Crippen molar-refractivity contribution in [1.82, 2.24) is 10.2 Å². The summed E-state index contributed by atoms with van der Waals surface area (Å²) in [6.07, 6.45) is 1.25. The molecule has 0 aliphatic carbocycles. The number of nitrogens with zero attached hydrogens (tertiary/aromatic N) is 1. The Hall–Kier alpha value is -1.84. The van der Waals surface area contributed by atoms with E-state index < -0.39 is 0 Å². The predicted molar refractivity (Wildman–Crippen MR) is 78.0 cm³/mol. The van der Waals surface area contributed by atoms with Crippen LogP contribution in [0.25, 0.3) is 0 Å². The molecule has 0 aromatic heterocycles. The second-order valence-corrected chi connectivity index (χ2v) is 5.45. The largest absolute Gasteiger partial charge is 0.356 e. The van der Waals surface area contributed by atoms with Crippen molar-refractivity contribution in [3.63, 3.8) is 0 Å². The summed E-state index contributed by atoms with van der Waals surface area (Å²) in [5.74, 6) is -0.117. The fourth-order valence-corrected chi connectivity index (χ4v) is 2.41. The second-order valence-electron chi connectivity index (χ2n) is 5.45. The molecule has 1 heterocycles. The van der Waals surface area contributed by atoms with Gasteiger partial charge >= 0.3 is 0 Å². The number of benzene rings is 1. The zero-order valence-electron chi connectivity index (χ0n) is 12.2. The second kappa shape index (κ2) is 6.55.